The molecule has 0 aliphatic rings. The maximum absolute atomic E-state index is 13.8. The summed E-state index contributed by atoms with van der Waals surface area (Å²) in [6.45, 7) is 6.65. The Morgan fingerprint density at radius 2 is 1.69 bits per heavy atom. The number of carbonyl (C=O) groups is 2. The maximum Gasteiger partial charge on any atom is 0.434 e. The minimum Gasteiger partial charge on any atom is -0.462 e. The maximum atomic E-state index is 13.8. The molecule has 3 aromatic rings. The lowest BCUT2D eigenvalue weighted by Gasteiger charge is -2.20. The van der Waals surface area contributed by atoms with Crippen LogP contribution in [0.2, 0.25) is 0 Å². The van der Waals surface area contributed by atoms with E-state index < -0.39 is 35.1 Å². The highest BCUT2D eigenvalue weighted by Crippen LogP contribution is 2.35. The minimum absolute atomic E-state index is 0.0655. The molecule has 2 N–H and O–H groups in total. The largest absolute Gasteiger partial charge is 0.462 e. The molecular weight excluding hydrogens is 465 g/mol. The number of benzene rings is 2. The summed E-state index contributed by atoms with van der Waals surface area (Å²) in [6, 6.07) is 13.1. The molecular formula is C24H25F3N4O4. The van der Waals surface area contributed by atoms with Gasteiger partial charge in [-0.05, 0) is 63.1 Å². The molecule has 0 radical (unpaired) electrons. The molecule has 2 aromatic carbocycles. The second-order valence-corrected chi connectivity index (χ2v) is 8.42. The summed E-state index contributed by atoms with van der Waals surface area (Å²) in [5.74, 6) is -1.10. The molecule has 0 aliphatic heterocycles. The number of esters is 1. The normalized spacial score (nSPS) is 11.6. The standard InChI is InChI=1S/C24H25F3N4O4/c1-5-34-21(32)19-14-28-31(20(19)24(25,26)27)18-11-7-9-16(13-18)15-8-6-10-17(12-15)29-30-22(33)35-23(2,3)4/h6-14,29H,5H2,1-4H3,(H,30,33). The number of alkyl halides is 3. The first kappa shape index (κ1) is 25.6. The molecule has 0 saturated carbocycles. The van der Waals surface area contributed by atoms with Crippen molar-refractivity contribution in [1.82, 2.24) is 15.2 Å². The Balaban J connectivity index is 1.90. The number of amides is 1. The fourth-order valence-corrected chi connectivity index (χ4v) is 3.20. The van der Waals surface area contributed by atoms with E-state index in [1.807, 2.05) is 0 Å². The van der Waals surface area contributed by atoms with Crippen molar-refractivity contribution in [3.8, 4) is 16.8 Å². The van der Waals surface area contributed by atoms with Crippen LogP contribution in [0.25, 0.3) is 16.8 Å². The van der Waals surface area contributed by atoms with Gasteiger partial charge >= 0.3 is 18.2 Å². The Morgan fingerprint density at radius 3 is 2.31 bits per heavy atom. The molecule has 3 rings (SSSR count). The molecule has 0 aliphatic carbocycles. The summed E-state index contributed by atoms with van der Waals surface area (Å²) in [4.78, 5) is 23.9. The summed E-state index contributed by atoms with van der Waals surface area (Å²) >= 11 is 0. The minimum atomic E-state index is -4.84. The smallest absolute Gasteiger partial charge is 0.434 e. The number of nitrogens with one attached hydrogen (secondary N) is 2. The number of halogens is 3. The van der Waals surface area contributed by atoms with Gasteiger partial charge in [-0.3, -0.25) is 5.43 Å². The number of ether oxygens (including phenoxy) is 2. The fourth-order valence-electron chi connectivity index (χ4n) is 3.20. The number of carbonyl (C=O) groups excluding carboxylic acids is 2. The van der Waals surface area contributed by atoms with Crippen LogP contribution >= 0.6 is 0 Å². The lowest BCUT2D eigenvalue weighted by molar-refractivity contribution is -0.143. The molecule has 186 valence electrons. The summed E-state index contributed by atoms with van der Waals surface area (Å²) < 4.78 is 52.1. The second-order valence-electron chi connectivity index (χ2n) is 8.42. The van der Waals surface area contributed by atoms with Crippen molar-refractivity contribution in [3.05, 3.63) is 66.0 Å². The van der Waals surface area contributed by atoms with E-state index in [-0.39, 0.29) is 12.3 Å². The van der Waals surface area contributed by atoms with Gasteiger partial charge in [0.1, 0.15) is 11.2 Å². The van der Waals surface area contributed by atoms with Crippen LogP contribution in [0.4, 0.5) is 23.7 Å². The van der Waals surface area contributed by atoms with Gasteiger partial charge in [0, 0.05) is 0 Å². The molecule has 0 atom stereocenters. The van der Waals surface area contributed by atoms with Crippen LogP contribution in [0.5, 0.6) is 0 Å². The van der Waals surface area contributed by atoms with Crippen LogP contribution in [-0.2, 0) is 15.7 Å². The van der Waals surface area contributed by atoms with Crippen molar-refractivity contribution >= 4 is 17.7 Å². The summed E-state index contributed by atoms with van der Waals surface area (Å²) in [7, 11) is 0. The molecule has 0 fully saturated rings. The zero-order chi connectivity index (χ0) is 25.8. The molecule has 0 saturated heterocycles. The monoisotopic (exact) mass is 490 g/mol. The number of anilines is 1. The van der Waals surface area contributed by atoms with Crippen molar-refractivity contribution in [1.29, 1.82) is 0 Å². The Kier molecular flexibility index (Phi) is 7.37. The van der Waals surface area contributed by atoms with E-state index in [2.05, 4.69) is 16.0 Å². The Morgan fingerprint density at radius 1 is 1.03 bits per heavy atom. The first-order chi connectivity index (χ1) is 16.4. The zero-order valence-corrected chi connectivity index (χ0v) is 19.6. The molecule has 11 heteroatoms. The van der Waals surface area contributed by atoms with Crippen molar-refractivity contribution < 1.29 is 32.2 Å². The number of aromatic nitrogens is 2. The second kappa shape index (κ2) is 10.1. The van der Waals surface area contributed by atoms with Gasteiger partial charge in [-0.1, -0.05) is 24.3 Å². The lowest BCUT2D eigenvalue weighted by Crippen LogP contribution is -2.35. The number of hydrogen-bond acceptors (Lipinski definition) is 6. The van der Waals surface area contributed by atoms with Crippen molar-refractivity contribution in [3.63, 3.8) is 0 Å². The highest BCUT2D eigenvalue weighted by molar-refractivity contribution is 5.91. The molecule has 1 amide bonds. The van der Waals surface area contributed by atoms with E-state index in [4.69, 9.17) is 9.47 Å². The lowest BCUT2D eigenvalue weighted by atomic mass is 10.0. The van der Waals surface area contributed by atoms with E-state index in [0.717, 1.165) is 6.20 Å². The van der Waals surface area contributed by atoms with Gasteiger partial charge in [0.05, 0.1) is 24.2 Å². The van der Waals surface area contributed by atoms with Gasteiger partial charge < -0.3 is 9.47 Å². The molecule has 0 spiro atoms. The summed E-state index contributed by atoms with van der Waals surface area (Å²) in [6.07, 6.45) is -4.66. The topological polar surface area (TPSA) is 94.5 Å². The third kappa shape index (κ3) is 6.52. The Hall–Kier alpha value is -4.02. The molecule has 0 unspecified atom stereocenters. The van der Waals surface area contributed by atoms with Gasteiger partial charge in [0.25, 0.3) is 0 Å². The third-order valence-electron chi connectivity index (χ3n) is 4.53. The van der Waals surface area contributed by atoms with E-state index in [1.165, 1.54) is 19.1 Å². The van der Waals surface area contributed by atoms with Crippen LogP contribution in [0.3, 0.4) is 0 Å². The van der Waals surface area contributed by atoms with Crippen molar-refractivity contribution in [2.45, 2.75) is 39.5 Å². The SMILES string of the molecule is CCOC(=O)c1cnn(-c2cccc(-c3cccc(NNC(=O)OC(C)(C)C)c3)c2)c1C(F)(F)F. The number of rotatable bonds is 6. The van der Waals surface area contributed by atoms with Gasteiger partial charge in [-0.25, -0.2) is 19.7 Å². The number of nitrogens with zero attached hydrogens (tertiary/aromatic N) is 2. The van der Waals surface area contributed by atoms with E-state index in [1.54, 1.807) is 57.2 Å². The van der Waals surface area contributed by atoms with Gasteiger partial charge in [-0.15, -0.1) is 0 Å². The molecule has 35 heavy (non-hydrogen) atoms. The highest BCUT2D eigenvalue weighted by Gasteiger charge is 2.41. The van der Waals surface area contributed by atoms with E-state index in [0.29, 0.717) is 21.5 Å². The first-order valence-corrected chi connectivity index (χ1v) is 10.7. The van der Waals surface area contributed by atoms with E-state index >= 15 is 0 Å². The average molecular weight is 490 g/mol. The van der Waals surface area contributed by atoms with Crippen LogP contribution in [0.15, 0.2) is 54.7 Å². The van der Waals surface area contributed by atoms with Crippen molar-refractivity contribution in [2.24, 2.45) is 0 Å². The van der Waals surface area contributed by atoms with Gasteiger partial charge in [0.2, 0.25) is 0 Å². The average Bonchev–Trinajstić information content (AvgIpc) is 3.23. The third-order valence-corrected chi connectivity index (χ3v) is 4.53. The zero-order valence-electron chi connectivity index (χ0n) is 19.6. The van der Waals surface area contributed by atoms with Crippen LogP contribution in [0.1, 0.15) is 43.7 Å². The highest BCUT2D eigenvalue weighted by atomic mass is 19.4. The fraction of sp³-hybridized carbons (Fsp3) is 0.292. The predicted molar refractivity (Wildman–Crippen MR) is 123 cm³/mol. The first-order valence-electron chi connectivity index (χ1n) is 10.7. The number of hydrogen-bond donors (Lipinski definition) is 2. The Bertz CT molecular complexity index is 1220. The van der Waals surface area contributed by atoms with Crippen LogP contribution < -0.4 is 10.9 Å². The van der Waals surface area contributed by atoms with Gasteiger partial charge in [0.15, 0.2) is 5.69 Å². The molecule has 1 heterocycles. The van der Waals surface area contributed by atoms with E-state index in [9.17, 15) is 22.8 Å². The summed E-state index contributed by atoms with van der Waals surface area (Å²) in [5, 5.41) is 3.81. The quantitative estimate of drug-likeness (QED) is 0.346. The number of hydrazine groups is 1. The van der Waals surface area contributed by atoms with Crippen LogP contribution in [0, 0.1) is 0 Å². The van der Waals surface area contributed by atoms with Gasteiger partial charge in [-0.2, -0.15) is 18.3 Å². The molecule has 1 aromatic heterocycles. The molecule has 8 nitrogen and oxygen atoms in total. The molecule has 0 bridgehead atoms. The predicted octanol–water partition coefficient (Wildman–Crippen LogP) is 5.59. The Labute approximate surface area is 200 Å². The van der Waals surface area contributed by atoms with Crippen molar-refractivity contribution in [2.75, 3.05) is 12.0 Å². The summed E-state index contributed by atoms with van der Waals surface area (Å²) in [5.41, 5.74) is 4.50. The van der Waals surface area contributed by atoms with Crippen LogP contribution in [-0.4, -0.2) is 34.1 Å².